The number of hydrazone groups is 1. The molecule has 0 fully saturated rings. The van der Waals surface area contributed by atoms with Gasteiger partial charge in [0, 0.05) is 6.07 Å². The average Bonchev–Trinajstić information content (AvgIpc) is 2.52. The number of anilines is 1. The predicted octanol–water partition coefficient (Wildman–Crippen LogP) is 0.413. The molecule has 0 radical (unpaired) electrons. The molecule has 0 unspecified atom stereocenters. The van der Waals surface area contributed by atoms with Crippen molar-refractivity contribution in [3.8, 4) is 0 Å². The van der Waals surface area contributed by atoms with Crippen LogP contribution in [0.15, 0.2) is 27.2 Å². The van der Waals surface area contributed by atoms with E-state index in [1.165, 1.54) is 12.3 Å². The van der Waals surface area contributed by atoms with Crippen molar-refractivity contribution in [2.45, 2.75) is 0 Å². The van der Waals surface area contributed by atoms with Gasteiger partial charge in [-0.15, -0.1) is 4.91 Å². The molecule has 0 aromatic carbocycles. The molecule has 0 N–H and O–H groups in total. The summed E-state index contributed by atoms with van der Waals surface area (Å²) in [6.45, 7) is 0. The molecule has 1 heterocycles. The van der Waals surface area contributed by atoms with Gasteiger partial charge in [0.2, 0.25) is 0 Å². The van der Waals surface area contributed by atoms with Crippen LogP contribution >= 0.6 is 0 Å². The Morgan fingerprint density at radius 1 is 1.73 bits per heavy atom. The molecule has 0 bridgehead atoms. The standard InChI is InChI=1S/C4H2N4O3/c9-3-5-8(7-10)4-1-2-6-11-4/h1-2H. The molecule has 0 amide bonds. The summed E-state index contributed by atoms with van der Waals surface area (Å²) in [5.41, 5.74) is 0. The normalized spacial score (nSPS) is 8.36. The highest BCUT2D eigenvalue weighted by molar-refractivity contribution is 5.39. The quantitative estimate of drug-likeness (QED) is 0.272. The van der Waals surface area contributed by atoms with Crippen molar-refractivity contribution in [1.29, 1.82) is 0 Å². The molecule has 1 aromatic heterocycles. The van der Waals surface area contributed by atoms with Gasteiger partial charge in [-0.25, -0.2) is 4.79 Å². The zero-order chi connectivity index (χ0) is 8.10. The lowest BCUT2D eigenvalue weighted by atomic mass is 10.7. The summed E-state index contributed by atoms with van der Waals surface area (Å²) in [6, 6.07) is 1.32. The van der Waals surface area contributed by atoms with Crippen LogP contribution in [-0.2, 0) is 4.79 Å². The van der Waals surface area contributed by atoms with Gasteiger partial charge in [0.25, 0.3) is 12.0 Å². The number of nitrogens with zero attached hydrogens (tertiary/aromatic N) is 4. The second-order valence-electron chi connectivity index (χ2n) is 1.41. The second kappa shape index (κ2) is 3.23. The lowest BCUT2D eigenvalue weighted by Gasteiger charge is -1.96. The smallest absolute Gasteiger partial charge is 0.273 e. The third-order valence-corrected chi connectivity index (χ3v) is 0.834. The molecule has 7 heteroatoms. The highest BCUT2D eigenvalue weighted by Gasteiger charge is 2.07. The van der Waals surface area contributed by atoms with Gasteiger partial charge in [-0.2, -0.15) is 0 Å². The molecule has 1 rings (SSSR count). The van der Waals surface area contributed by atoms with Gasteiger partial charge in [-0.05, 0) is 0 Å². The number of hydrogen-bond acceptors (Lipinski definition) is 6. The van der Waals surface area contributed by atoms with E-state index in [1.807, 2.05) is 0 Å². The van der Waals surface area contributed by atoms with Crippen LogP contribution in [-0.4, -0.2) is 11.2 Å². The zero-order valence-electron chi connectivity index (χ0n) is 5.17. The van der Waals surface area contributed by atoms with Crippen LogP contribution in [0.2, 0.25) is 0 Å². The minimum Gasteiger partial charge on any atom is -0.335 e. The fraction of sp³-hybridized carbons (Fsp3) is 0. The zero-order valence-corrected chi connectivity index (χ0v) is 5.17. The molecule has 0 aliphatic heterocycles. The SMILES string of the molecule is O=C=NN(N=O)c1ccno1. The van der Waals surface area contributed by atoms with Crippen LogP contribution in [0.4, 0.5) is 5.88 Å². The largest absolute Gasteiger partial charge is 0.335 e. The first-order valence-corrected chi connectivity index (χ1v) is 2.50. The minimum absolute atomic E-state index is 0.0386. The van der Waals surface area contributed by atoms with Gasteiger partial charge >= 0.3 is 0 Å². The van der Waals surface area contributed by atoms with E-state index >= 15 is 0 Å². The minimum atomic E-state index is -0.0386. The predicted molar refractivity (Wildman–Crippen MR) is 32.9 cm³/mol. The molecule has 0 aliphatic carbocycles. The molecule has 56 valence electrons. The Balaban J connectivity index is 2.87. The van der Waals surface area contributed by atoms with E-state index in [0.717, 1.165) is 6.08 Å². The highest BCUT2D eigenvalue weighted by Crippen LogP contribution is 2.11. The fourth-order valence-electron chi connectivity index (χ4n) is 0.459. The number of isocyanates is 1. The Labute approximate surface area is 60.2 Å². The monoisotopic (exact) mass is 154 g/mol. The van der Waals surface area contributed by atoms with Crippen molar-refractivity contribution in [2.24, 2.45) is 10.4 Å². The Morgan fingerprint density at radius 3 is 3.00 bits per heavy atom. The Kier molecular flexibility index (Phi) is 2.09. The van der Waals surface area contributed by atoms with Crippen LogP contribution < -0.4 is 5.12 Å². The summed E-state index contributed by atoms with van der Waals surface area (Å²) >= 11 is 0. The summed E-state index contributed by atoms with van der Waals surface area (Å²) in [5.74, 6) is -0.0386. The fourth-order valence-corrected chi connectivity index (χ4v) is 0.459. The maximum absolute atomic E-state index is 9.91. The van der Waals surface area contributed by atoms with E-state index in [1.54, 1.807) is 0 Å². The second-order valence-corrected chi connectivity index (χ2v) is 1.41. The first kappa shape index (κ1) is 7.10. The first-order valence-electron chi connectivity index (χ1n) is 2.50. The Morgan fingerprint density at radius 2 is 2.55 bits per heavy atom. The summed E-state index contributed by atoms with van der Waals surface area (Å²) < 4.78 is 4.45. The van der Waals surface area contributed by atoms with Crippen LogP contribution in [0, 0.1) is 4.91 Å². The lowest BCUT2D eigenvalue weighted by Crippen LogP contribution is -2.03. The molecule has 0 spiro atoms. The van der Waals surface area contributed by atoms with Gasteiger partial charge in [0.15, 0.2) is 0 Å². The topological polar surface area (TPSA) is 88.1 Å². The number of nitroso groups, excluding NO2 is 1. The summed E-state index contributed by atoms with van der Waals surface area (Å²) in [6.07, 6.45) is 2.41. The molecule has 0 atom stereocenters. The van der Waals surface area contributed by atoms with Crippen molar-refractivity contribution in [2.75, 3.05) is 5.12 Å². The van der Waals surface area contributed by atoms with Crippen molar-refractivity contribution in [3.63, 3.8) is 0 Å². The van der Waals surface area contributed by atoms with Crippen molar-refractivity contribution in [1.82, 2.24) is 5.16 Å². The maximum atomic E-state index is 9.91. The first-order chi connectivity index (χ1) is 5.38. The molecule has 1 aromatic rings. The van der Waals surface area contributed by atoms with Crippen LogP contribution in [0.3, 0.4) is 0 Å². The Hall–Kier alpha value is -2.01. The van der Waals surface area contributed by atoms with Crippen LogP contribution in [0.1, 0.15) is 0 Å². The third-order valence-electron chi connectivity index (χ3n) is 0.834. The molecular formula is C4H2N4O3. The van der Waals surface area contributed by atoms with Gasteiger partial charge in [-0.1, -0.05) is 15.4 Å². The summed E-state index contributed by atoms with van der Waals surface area (Å²) in [7, 11) is 0. The van der Waals surface area contributed by atoms with Crippen LogP contribution in [0.5, 0.6) is 0 Å². The molecule has 0 aliphatic rings. The number of rotatable bonds is 3. The van der Waals surface area contributed by atoms with E-state index in [4.69, 9.17) is 0 Å². The maximum Gasteiger partial charge on any atom is 0.273 e. The third kappa shape index (κ3) is 1.46. The van der Waals surface area contributed by atoms with E-state index in [0.29, 0.717) is 5.12 Å². The van der Waals surface area contributed by atoms with Gasteiger partial charge in [0.1, 0.15) is 0 Å². The van der Waals surface area contributed by atoms with Crippen LogP contribution in [0.25, 0.3) is 0 Å². The molecule has 0 saturated carbocycles. The summed E-state index contributed by atoms with van der Waals surface area (Å²) in [5, 5.41) is 8.94. The van der Waals surface area contributed by atoms with Crippen molar-refractivity contribution in [3.05, 3.63) is 17.2 Å². The molecule has 0 saturated heterocycles. The van der Waals surface area contributed by atoms with E-state index < -0.39 is 0 Å². The van der Waals surface area contributed by atoms with Crippen molar-refractivity contribution < 1.29 is 9.32 Å². The lowest BCUT2D eigenvalue weighted by molar-refractivity contribution is 0.417. The van der Waals surface area contributed by atoms with Gasteiger partial charge < -0.3 is 4.52 Å². The number of carbonyl (C=O) groups excluding carboxylic acids is 1. The molecule has 7 nitrogen and oxygen atoms in total. The average molecular weight is 154 g/mol. The number of hydrogen-bond donors (Lipinski definition) is 0. The summed E-state index contributed by atoms with van der Waals surface area (Å²) in [4.78, 5) is 19.6. The van der Waals surface area contributed by atoms with Crippen molar-refractivity contribution >= 4 is 12.0 Å². The van der Waals surface area contributed by atoms with Gasteiger partial charge in [-0.3, -0.25) is 0 Å². The number of aromatic nitrogens is 1. The van der Waals surface area contributed by atoms with E-state index in [-0.39, 0.29) is 5.88 Å². The van der Waals surface area contributed by atoms with E-state index in [2.05, 4.69) is 20.1 Å². The van der Waals surface area contributed by atoms with Gasteiger partial charge in [0.05, 0.1) is 11.5 Å². The van der Waals surface area contributed by atoms with E-state index in [9.17, 15) is 9.70 Å². The molecule has 11 heavy (non-hydrogen) atoms. The highest BCUT2D eigenvalue weighted by atomic mass is 16.5. The Bertz CT molecular complexity index is 276. The molecular weight excluding hydrogens is 152 g/mol.